The van der Waals surface area contributed by atoms with Gasteiger partial charge in [0, 0.05) is 30.5 Å². The van der Waals surface area contributed by atoms with Crippen LogP contribution in [-0.2, 0) is 6.54 Å². The summed E-state index contributed by atoms with van der Waals surface area (Å²) < 4.78 is 29.4. The zero-order chi connectivity index (χ0) is 15.2. The summed E-state index contributed by atoms with van der Waals surface area (Å²) in [4.78, 5) is 3.98. The van der Waals surface area contributed by atoms with Gasteiger partial charge >= 0.3 is 0 Å². The van der Waals surface area contributed by atoms with Gasteiger partial charge in [-0.3, -0.25) is 0 Å². The molecule has 0 spiro atoms. The molecule has 1 aromatic heterocycles. The molecule has 0 amide bonds. The number of hydrogen-bond acceptors (Lipinski definition) is 2. The van der Waals surface area contributed by atoms with Crippen molar-refractivity contribution in [2.24, 2.45) is 0 Å². The Hall–Kier alpha value is -1.75. The van der Waals surface area contributed by atoms with Gasteiger partial charge in [-0.15, -0.1) is 0 Å². The molecular formula is C16H21F2N3. The Morgan fingerprint density at radius 1 is 1.24 bits per heavy atom. The molecule has 0 aliphatic heterocycles. The monoisotopic (exact) mass is 293 g/mol. The second-order valence-electron chi connectivity index (χ2n) is 5.31. The Labute approximate surface area is 124 Å². The van der Waals surface area contributed by atoms with Gasteiger partial charge < -0.3 is 9.88 Å². The fraction of sp³-hybridized carbons (Fsp3) is 0.438. The topological polar surface area (TPSA) is 29.9 Å². The normalized spacial score (nSPS) is 12.6. The quantitative estimate of drug-likeness (QED) is 0.790. The van der Waals surface area contributed by atoms with Crippen LogP contribution >= 0.6 is 0 Å². The lowest BCUT2D eigenvalue weighted by Crippen LogP contribution is -2.21. The van der Waals surface area contributed by atoms with Crippen LogP contribution in [0.1, 0.15) is 36.9 Å². The Morgan fingerprint density at radius 3 is 2.76 bits per heavy atom. The summed E-state index contributed by atoms with van der Waals surface area (Å²) in [5, 5.41) is 3.23. The van der Waals surface area contributed by atoms with Gasteiger partial charge in [-0.25, -0.2) is 13.8 Å². The van der Waals surface area contributed by atoms with Crippen molar-refractivity contribution in [1.82, 2.24) is 14.9 Å². The molecule has 21 heavy (non-hydrogen) atoms. The third-order valence-electron chi connectivity index (χ3n) is 3.60. The van der Waals surface area contributed by atoms with Crippen molar-refractivity contribution < 1.29 is 8.78 Å². The van der Waals surface area contributed by atoms with Crippen LogP contribution in [0.15, 0.2) is 30.9 Å². The molecule has 1 N–H and O–H groups in total. The maximum atomic E-state index is 13.8. The average Bonchev–Trinajstić information content (AvgIpc) is 2.95. The van der Waals surface area contributed by atoms with E-state index < -0.39 is 0 Å². The summed E-state index contributed by atoms with van der Waals surface area (Å²) in [5.74, 6) is -0.715. The van der Waals surface area contributed by atoms with Crippen LogP contribution in [0.3, 0.4) is 0 Å². The molecule has 1 heterocycles. The second-order valence-corrected chi connectivity index (χ2v) is 5.31. The average molecular weight is 293 g/mol. The lowest BCUT2D eigenvalue weighted by molar-refractivity contribution is 0.496. The lowest BCUT2D eigenvalue weighted by atomic mass is 10.0. The number of aryl methyl sites for hydroxylation is 2. The minimum absolute atomic E-state index is 0.201. The van der Waals surface area contributed by atoms with Crippen molar-refractivity contribution in [3.63, 3.8) is 0 Å². The van der Waals surface area contributed by atoms with E-state index in [1.54, 1.807) is 19.4 Å². The number of halogens is 2. The second kappa shape index (κ2) is 7.31. The minimum atomic E-state index is -0.361. The number of rotatable bonds is 7. The maximum absolute atomic E-state index is 13.8. The van der Waals surface area contributed by atoms with Crippen molar-refractivity contribution in [2.75, 3.05) is 6.54 Å². The summed E-state index contributed by atoms with van der Waals surface area (Å²) in [7, 11) is 0. The fourth-order valence-electron chi connectivity index (χ4n) is 2.26. The van der Waals surface area contributed by atoms with Crippen molar-refractivity contribution in [1.29, 1.82) is 0 Å². The number of aromatic nitrogens is 2. The molecule has 1 unspecified atom stereocenters. The van der Waals surface area contributed by atoms with E-state index in [0.717, 1.165) is 25.9 Å². The van der Waals surface area contributed by atoms with E-state index in [2.05, 4.69) is 10.3 Å². The standard InChI is InChI=1S/C16H21F2N3/c1-12-9-16(18)14(10-15(12)17)13(2)20-5-3-4-7-21-8-6-19-11-21/h6,8-11,13,20H,3-5,7H2,1-2H3. The van der Waals surface area contributed by atoms with Gasteiger partial charge in [0.05, 0.1) is 6.33 Å². The van der Waals surface area contributed by atoms with Crippen LogP contribution in [0.5, 0.6) is 0 Å². The lowest BCUT2D eigenvalue weighted by Gasteiger charge is -2.16. The van der Waals surface area contributed by atoms with Crippen molar-refractivity contribution >= 4 is 0 Å². The van der Waals surface area contributed by atoms with Crippen LogP contribution < -0.4 is 5.32 Å². The molecule has 2 rings (SSSR count). The molecule has 2 aromatic rings. The highest BCUT2D eigenvalue weighted by atomic mass is 19.1. The van der Waals surface area contributed by atoms with E-state index >= 15 is 0 Å². The van der Waals surface area contributed by atoms with Gasteiger partial charge in [-0.05, 0) is 50.9 Å². The van der Waals surface area contributed by atoms with Gasteiger partial charge in [0.25, 0.3) is 0 Å². The zero-order valence-corrected chi connectivity index (χ0v) is 12.4. The molecule has 0 bridgehead atoms. The summed E-state index contributed by atoms with van der Waals surface area (Å²) in [6, 6.07) is 2.34. The number of unbranched alkanes of at least 4 members (excludes halogenated alkanes) is 1. The molecule has 0 aliphatic carbocycles. The zero-order valence-electron chi connectivity index (χ0n) is 12.4. The van der Waals surface area contributed by atoms with E-state index in [0.29, 0.717) is 11.1 Å². The van der Waals surface area contributed by atoms with Gasteiger partial charge in [0.15, 0.2) is 0 Å². The van der Waals surface area contributed by atoms with E-state index in [1.807, 2.05) is 17.7 Å². The first kappa shape index (κ1) is 15.6. The van der Waals surface area contributed by atoms with Crippen molar-refractivity contribution in [3.8, 4) is 0 Å². The number of nitrogens with one attached hydrogen (secondary N) is 1. The highest BCUT2D eigenvalue weighted by Crippen LogP contribution is 2.20. The first-order chi connectivity index (χ1) is 10.1. The SMILES string of the molecule is Cc1cc(F)c(C(C)NCCCCn2ccnc2)cc1F. The number of imidazole rings is 1. The van der Waals surface area contributed by atoms with Crippen LogP contribution in [0.4, 0.5) is 8.78 Å². The molecule has 5 heteroatoms. The first-order valence-electron chi connectivity index (χ1n) is 7.22. The number of nitrogens with zero attached hydrogens (tertiary/aromatic N) is 2. The highest BCUT2D eigenvalue weighted by molar-refractivity contribution is 5.27. The third-order valence-corrected chi connectivity index (χ3v) is 3.60. The molecule has 3 nitrogen and oxygen atoms in total. The number of benzene rings is 1. The predicted molar refractivity (Wildman–Crippen MR) is 79.0 cm³/mol. The van der Waals surface area contributed by atoms with Gasteiger partial charge in [-0.1, -0.05) is 0 Å². The van der Waals surface area contributed by atoms with Crippen LogP contribution in [-0.4, -0.2) is 16.1 Å². The molecular weight excluding hydrogens is 272 g/mol. The van der Waals surface area contributed by atoms with Crippen LogP contribution in [0.25, 0.3) is 0 Å². The van der Waals surface area contributed by atoms with E-state index in [9.17, 15) is 8.78 Å². The highest BCUT2D eigenvalue weighted by Gasteiger charge is 2.13. The summed E-state index contributed by atoms with van der Waals surface area (Å²) in [5.41, 5.74) is 0.719. The third kappa shape index (κ3) is 4.36. The summed E-state index contributed by atoms with van der Waals surface area (Å²) in [6.45, 7) is 5.10. The Balaban J connectivity index is 1.76. The summed E-state index contributed by atoms with van der Waals surface area (Å²) in [6.07, 6.45) is 7.47. The van der Waals surface area contributed by atoms with E-state index in [1.165, 1.54) is 12.1 Å². The predicted octanol–water partition coefficient (Wildman–Crippen LogP) is 3.60. The molecule has 0 fully saturated rings. The molecule has 1 atom stereocenters. The molecule has 114 valence electrons. The first-order valence-corrected chi connectivity index (χ1v) is 7.22. The molecule has 0 saturated carbocycles. The Kier molecular flexibility index (Phi) is 5.44. The molecule has 0 aliphatic rings. The number of hydrogen-bond donors (Lipinski definition) is 1. The Bertz CT molecular complexity index is 567. The molecule has 1 aromatic carbocycles. The van der Waals surface area contributed by atoms with Gasteiger partial charge in [0.2, 0.25) is 0 Å². The van der Waals surface area contributed by atoms with Crippen molar-refractivity contribution in [3.05, 3.63) is 53.6 Å². The van der Waals surface area contributed by atoms with Gasteiger partial charge in [0.1, 0.15) is 11.6 Å². The van der Waals surface area contributed by atoms with E-state index in [4.69, 9.17) is 0 Å². The van der Waals surface area contributed by atoms with Crippen molar-refractivity contribution in [2.45, 2.75) is 39.3 Å². The largest absolute Gasteiger partial charge is 0.337 e. The van der Waals surface area contributed by atoms with Crippen LogP contribution in [0, 0.1) is 18.6 Å². The smallest absolute Gasteiger partial charge is 0.128 e. The minimum Gasteiger partial charge on any atom is -0.337 e. The van der Waals surface area contributed by atoms with Gasteiger partial charge in [-0.2, -0.15) is 0 Å². The molecule has 0 radical (unpaired) electrons. The molecule has 0 saturated heterocycles. The van der Waals surface area contributed by atoms with E-state index in [-0.39, 0.29) is 17.7 Å². The fourth-order valence-corrected chi connectivity index (χ4v) is 2.26. The Morgan fingerprint density at radius 2 is 2.05 bits per heavy atom. The summed E-state index contributed by atoms with van der Waals surface area (Å²) >= 11 is 0. The maximum Gasteiger partial charge on any atom is 0.128 e. The van der Waals surface area contributed by atoms with Crippen LogP contribution in [0.2, 0.25) is 0 Å².